The molecular formula is C27H32ClNO5. The zero-order valence-corrected chi connectivity index (χ0v) is 21.2. The van der Waals surface area contributed by atoms with Gasteiger partial charge in [0, 0.05) is 47.8 Å². The van der Waals surface area contributed by atoms with E-state index >= 15 is 0 Å². The maximum Gasteiger partial charge on any atom is 0.305 e. The van der Waals surface area contributed by atoms with Crippen LogP contribution >= 0.6 is 11.6 Å². The number of ether oxygens (including phenoxy) is 1. The lowest BCUT2D eigenvalue weighted by Gasteiger charge is -2.49. The second-order valence-electron chi connectivity index (χ2n) is 11.2. The molecule has 0 atom stereocenters. The number of carboxylic acids is 1. The molecule has 3 aliphatic rings. The van der Waals surface area contributed by atoms with Crippen molar-refractivity contribution in [2.24, 2.45) is 10.8 Å². The number of allylic oxidation sites excluding steroid dienone is 4. The predicted molar refractivity (Wildman–Crippen MR) is 130 cm³/mol. The zero-order valence-electron chi connectivity index (χ0n) is 20.5. The maximum atomic E-state index is 13.6. The van der Waals surface area contributed by atoms with E-state index in [9.17, 15) is 19.5 Å². The molecule has 2 aliphatic carbocycles. The van der Waals surface area contributed by atoms with E-state index in [0.29, 0.717) is 47.6 Å². The maximum absolute atomic E-state index is 13.6. The molecule has 1 N–H and O–H groups in total. The van der Waals surface area contributed by atoms with Crippen LogP contribution in [0.2, 0.25) is 5.02 Å². The highest BCUT2D eigenvalue weighted by Gasteiger charge is 2.49. The van der Waals surface area contributed by atoms with Crippen molar-refractivity contribution in [1.82, 2.24) is 4.90 Å². The molecule has 182 valence electrons. The summed E-state index contributed by atoms with van der Waals surface area (Å²) in [7, 11) is 1.54. The topological polar surface area (TPSA) is 83.9 Å². The minimum atomic E-state index is -0.906. The lowest BCUT2D eigenvalue weighted by molar-refractivity contribution is -0.137. The van der Waals surface area contributed by atoms with Crippen LogP contribution in [0.5, 0.6) is 5.75 Å². The van der Waals surface area contributed by atoms with E-state index in [4.69, 9.17) is 16.3 Å². The highest BCUT2D eigenvalue weighted by Crippen LogP contribution is 2.54. The van der Waals surface area contributed by atoms with Gasteiger partial charge in [0.05, 0.1) is 18.6 Å². The number of halogens is 1. The van der Waals surface area contributed by atoms with E-state index in [0.717, 1.165) is 17.0 Å². The third kappa shape index (κ3) is 4.40. The van der Waals surface area contributed by atoms with Crippen molar-refractivity contribution in [3.05, 3.63) is 51.3 Å². The van der Waals surface area contributed by atoms with Gasteiger partial charge in [0.1, 0.15) is 5.75 Å². The number of Topliss-reactive ketones (excluding diaryl/α,β-unsaturated/α-hetero) is 2. The molecule has 0 spiro atoms. The van der Waals surface area contributed by atoms with E-state index < -0.39 is 11.9 Å². The standard InChI is InChI=1S/C27H32ClNO5/c1-26(2)11-17-24(19(30)13-26)23(15-6-7-21(34-5)16(28)10-15)25-18(29(17)9-8-22(32)33)12-27(3,4)14-20(25)31/h6-7,10,23H,8-9,11-14H2,1-5H3,(H,32,33). The van der Waals surface area contributed by atoms with Crippen LogP contribution in [0.4, 0.5) is 0 Å². The lowest BCUT2D eigenvalue weighted by Crippen LogP contribution is -2.45. The van der Waals surface area contributed by atoms with Crippen molar-refractivity contribution in [1.29, 1.82) is 0 Å². The highest BCUT2D eigenvalue weighted by molar-refractivity contribution is 6.32. The SMILES string of the molecule is COc1ccc(C2C3=C(CC(C)(C)CC3=O)N(CCC(=O)O)C3=C2C(=O)CC(C)(C)C3)cc1Cl. The van der Waals surface area contributed by atoms with Crippen LogP contribution in [-0.4, -0.2) is 41.2 Å². The predicted octanol–water partition coefficient (Wildman–Crippen LogP) is 5.51. The van der Waals surface area contributed by atoms with E-state index in [1.165, 1.54) is 0 Å². The first-order valence-corrected chi connectivity index (χ1v) is 12.1. The molecule has 0 saturated heterocycles. The lowest BCUT2D eigenvalue weighted by atomic mass is 9.63. The molecule has 0 fully saturated rings. The number of ketones is 2. The number of hydrogen-bond acceptors (Lipinski definition) is 5. The fraction of sp³-hybridized carbons (Fsp3) is 0.519. The summed E-state index contributed by atoms with van der Waals surface area (Å²) in [4.78, 5) is 40.8. The van der Waals surface area contributed by atoms with E-state index in [1.807, 2.05) is 11.0 Å². The van der Waals surface area contributed by atoms with Crippen LogP contribution in [0.3, 0.4) is 0 Å². The van der Waals surface area contributed by atoms with Gasteiger partial charge in [0.25, 0.3) is 0 Å². The minimum Gasteiger partial charge on any atom is -0.495 e. The average molecular weight is 486 g/mol. The Morgan fingerprint density at radius 2 is 1.56 bits per heavy atom. The first-order chi connectivity index (χ1) is 15.8. The van der Waals surface area contributed by atoms with Crippen LogP contribution in [0.1, 0.15) is 71.3 Å². The molecule has 0 radical (unpaired) electrons. The molecule has 0 bridgehead atoms. The van der Waals surface area contributed by atoms with Crippen LogP contribution in [0, 0.1) is 10.8 Å². The molecule has 0 amide bonds. The van der Waals surface area contributed by atoms with Gasteiger partial charge < -0.3 is 14.7 Å². The number of hydrogen-bond donors (Lipinski definition) is 1. The summed E-state index contributed by atoms with van der Waals surface area (Å²) in [5.41, 5.74) is 3.19. The van der Waals surface area contributed by atoms with Crippen LogP contribution in [-0.2, 0) is 14.4 Å². The zero-order chi connectivity index (χ0) is 25.0. The van der Waals surface area contributed by atoms with Crippen molar-refractivity contribution in [3.63, 3.8) is 0 Å². The normalized spacial score (nSPS) is 22.0. The molecule has 4 rings (SSSR count). The van der Waals surface area contributed by atoms with Gasteiger partial charge >= 0.3 is 5.97 Å². The van der Waals surface area contributed by atoms with Crippen molar-refractivity contribution in [2.75, 3.05) is 13.7 Å². The summed E-state index contributed by atoms with van der Waals surface area (Å²) in [6.45, 7) is 8.47. The summed E-state index contributed by atoms with van der Waals surface area (Å²) in [6, 6.07) is 5.42. The third-order valence-corrected chi connectivity index (χ3v) is 7.38. The first kappa shape index (κ1) is 24.5. The number of carboxylic acid groups (broad SMARTS) is 1. The second kappa shape index (κ2) is 8.56. The molecule has 0 saturated carbocycles. The fourth-order valence-electron chi connectivity index (χ4n) is 5.72. The molecule has 1 aliphatic heterocycles. The van der Waals surface area contributed by atoms with Crippen molar-refractivity contribution < 1.29 is 24.2 Å². The number of carbonyl (C=O) groups excluding carboxylic acids is 2. The quantitative estimate of drug-likeness (QED) is 0.592. The second-order valence-corrected chi connectivity index (χ2v) is 11.6. The number of rotatable bonds is 5. The van der Waals surface area contributed by atoms with Gasteiger partial charge in [-0.05, 0) is 41.4 Å². The van der Waals surface area contributed by atoms with Gasteiger partial charge in [-0.2, -0.15) is 0 Å². The Morgan fingerprint density at radius 1 is 1.03 bits per heavy atom. The van der Waals surface area contributed by atoms with Gasteiger partial charge in [-0.25, -0.2) is 0 Å². The van der Waals surface area contributed by atoms with Gasteiger partial charge in [-0.3, -0.25) is 14.4 Å². The Labute approximate surface area is 205 Å². The molecule has 1 aromatic carbocycles. The molecule has 1 aromatic rings. The van der Waals surface area contributed by atoms with Crippen LogP contribution in [0.15, 0.2) is 40.7 Å². The molecule has 7 heteroatoms. The van der Waals surface area contributed by atoms with E-state index in [-0.39, 0.29) is 35.4 Å². The van der Waals surface area contributed by atoms with E-state index in [2.05, 4.69) is 27.7 Å². The number of benzene rings is 1. The number of nitrogens with zero attached hydrogens (tertiary/aromatic N) is 1. The summed E-state index contributed by atoms with van der Waals surface area (Å²) >= 11 is 6.47. The van der Waals surface area contributed by atoms with Crippen molar-refractivity contribution in [3.8, 4) is 5.75 Å². The Morgan fingerprint density at radius 3 is 2.00 bits per heavy atom. The summed E-state index contributed by atoms with van der Waals surface area (Å²) in [5, 5.41) is 9.86. The molecule has 0 unspecified atom stereocenters. The smallest absolute Gasteiger partial charge is 0.305 e. The summed E-state index contributed by atoms with van der Waals surface area (Å²) in [6.07, 6.45) is 1.96. The Bertz CT molecular complexity index is 1090. The first-order valence-electron chi connectivity index (χ1n) is 11.7. The third-order valence-electron chi connectivity index (χ3n) is 7.08. The van der Waals surface area contributed by atoms with Crippen molar-refractivity contribution >= 4 is 29.1 Å². The van der Waals surface area contributed by atoms with Gasteiger partial charge in [0.15, 0.2) is 11.6 Å². The van der Waals surface area contributed by atoms with Gasteiger partial charge in [-0.15, -0.1) is 0 Å². The van der Waals surface area contributed by atoms with Gasteiger partial charge in [-0.1, -0.05) is 45.4 Å². The molecule has 34 heavy (non-hydrogen) atoms. The molecule has 6 nitrogen and oxygen atoms in total. The van der Waals surface area contributed by atoms with Crippen LogP contribution < -0.4 is 4.74 Å². The number of aliphatic carboxylic acids is 1. The van der Waals surface area contributed by atoms with Crippen LogP contribution in [0.25, 0.3) is 0 Å². The Kier molecular flexibility index (Phi) is 6.17. The average Bonchev–Trinajstić information content (AvgIpc) is 2.69. The molecule has 1 heterocycles. The summed E-state index contributed by atoms with van der Waals surface area (Å²) in [5.74, 6) is -0.877. The van der Waals surface area contributed by atoms with Gasteiger partial charge in [0.2, 0.25) is 0 Å². The highest BCUT2D eigenvalue weighted by atomic mass is 35.5. The molecular weight excluding hydrogens is 454 g/mol. The number of methoxy groups -OCH3 is 1. The largest absolute Gasteiger partial charge is 0.495 e. The Balaban J connectivity index is 1.98. The summed E-state index contributed by atoms with van der Waals surface area (Å²) < 4.78 is 5.32. The molecule has 0 aromatic heterocycles. The Hall–Kier alpha value is -2.60. The monoisotopic (exact) mass is 485 g/mol. The van der Waals surface area contributed by atoms with Crippen molar-refractivity contribution in [2.45, 2.75) is 65.7 Å². The fourth-order valence-corrected chi connectivity index (χ4v) is 5.99. The minimum absolute atomic E-state index is 0.00713. The number of carbonyl (C=O) groups is 3. The van der Waals surface area contributed by atoms with E-state index in [1.54, 1.807) is 19.2 Å².